The lowest BCUT2D eigenvalue weighted by molar-refractivity contribution is 0.141. The van der Waals surface area contributed by atoms with Crippen molar-refractivity contribution in [3.8, 4) is 0 Å². The molecule has 0 aromatic rings. The minimum absolute atomic E-state index is 0.314. The first-order chi connectivity index (χ1) is 4.33. The molecule has 0 amide bonds. The van der Waals surface area contributed by atoms with Gasteiger partial charge in [0.15, 0.2) is 0 Å². The van der Waals surface area contributed by atoms with Crippen LogP contribution in [0.25, 0.3) is 0 Å². The normalized spacial score (nSPS) is 23.3. The molecule has 54 valence electrons. The van der Waals surface area contributed by atoms with E-state index >= 15 is 0 Å². The lowest BCUT2D eigenvalue weighted by Gasteiger charge is -2.41. The van der Waals surface area contributed by atoms with Crippen LogP contribution in [0.3, 0.4) is 0 Å². The molecule has 0 spiro atoms. The van der Waals surface area contributed by atoms with Gasteiger partial charge in [0.1, 0.15) is 0 Å². The third-order valence-electron chi connectivity index (χ3n) is 2.43. The van der Waals surface area contributed by atoms with E-state index in [1.807, 2.05) is 7.05 Å². The van der Waals surface area contributed by atoms with Gasteiger partial charge >= 0.3 is 0 Å². The van der Waals surface area contributed by atoms with Crippen LogP contribution >= 0.6 is 0 Å². The van der Waals surface area contributed by atoms with Crippen LogP contribution in [0.2, 0.25) is 0 Å². The molecule has 9 heavy (non-hydrogen) atoms. The van der Waals surface area contributed by atoms with E-state index < -0.39 is 0 Å². The first-order valence-corrected chi connectivity index (χ1v) is 3.63. The third-order valence-corrected chi connectivity index (χ3v) is 2.43. The number of nitrogens with one attached hydrogen (secondary N) is 1. The van der Waals surface area contributed by atoms with Gasteiger partial charge in [-0.3, -0.25) is 0 Å². The van der Waals surface area contributed by atoms with Crippen LogP contribution in [0.5, 0.6) is 0 Å². The van der Waals surface area contributed by atoms with Crippen molar-refractivity contribution in [2.24, 2.45) is 0 Å². The highest BCUT2D eigenvalue weighted by atomic mass is 16.3. The smallest absolute Gasteiger partial charge is 0.0448 e. The van der Waals surface area contributed by atoms with Gasteiger partial charge in [0.05, 0.1) is 0 Å². The Kier molecular flexibility index (Phi) is 2.09. The lowest BCUT2D eigenvalue weighted by atomic mass is 9.75. The van der Waals surface area contributed by atoms with Gasteiger partial charge < -0.3 is 10.4 Å². The van der Waals surface area contributed by atoms with Crippen LogP contribution < -0.4 is 5.32 Å². The van der Waals surface area contributed by atoms with Gasteiger partial charge in [-0.05, 0) is 32.7 Å². The number of hydrogen-bond donors (Lipinski definition) is 2. The average Bonchev–Trinajstić information content (AvgIpc) is 1.79. The topological polar surface area (TPSA) is 32.3 Å². The standard InChI is InChI=1S/C7H15NO/c1-8-7(5-6-9)3-2-4-7/h8-9H,2-6H2,1H3. The lowest BCUT2D eigenvalue weighted by Crippen LogP contribution is -2.49. The summed E-state index contributed by atoms with van der Waals surface area (Å²) in [4.78, 5) is 0. The molecule has 2 N–H and O–H groups in total. The number of rotatable bonds is 3. The predicted octanol–water partition coefficient (Wildman–Crippen LogP) is 0.511. The molecule has 0 atom stereocenters. The van der Waals surface area contributed by atoms with Crippen LogP contribution in [0.15, 0.2) is 0 Å². The molecule has 1 fully saturated rings. The van der Waals surface area contributed by atoms with Gasteiger partial charge in [0, 0.05) is 12.1 Å². The monoisotopic (exact) mass is 129 g/mol. The van der Waals surface area contributed by atoms with E-state index in [0.29, 0.717) is 12.1 Å². The molecule has 1 saturated carbocycles. The Morgan fingerprint density at radius 3 is 2.33 bits per heavy atom. The molecule has 0 bridgehead atoms. The van der Waals surface area contributed by atoms with Crippen molar-refractivity contribution in [1.29, 1.82) is 0 Å². The van der Waals surface area contributed by atoms with Crippen molar-refractivity contribution in [3.63, 3.8) is 0 Å². The van der Waals surface area contributed by atoms with Crippen molar-refractivity contribution in [2.75, 3.05) is 13.7 Å². The largest absolute Gasteiger partial charge is 0.396 e. The van der Waals surface area contributed by atoms with E-state index in [9.17, 15) is 0 Å². The summed E-state index contributed by atoms with van der Waals surface area (Å²) in [5.41, 5.74) is 0.314. The van der Waals surface area contributed by atoms with E-state index in [4.69, 9.17) is 5.11 Å². The summed E-state index contributed by atoms with van der Waals surface area (Å²) < 4.78 is 0. The molecule has 0 heterocycles. The molecule has 2 heteroatoms. The summed E-state index contributed by atoms with van der Waals surface area (Å²) in [7, 11) is 1.98. The van der Waals surface area contributed by atoms with E-state index in [1.165, 1.54) is 19.3 Å². The molecule has 1 aliphatic rings. The summed E-state index contributed by atoms with van der Waals surface area (Å²) in [6.45, 7) is 0.320. The molecule has 1 rings (SSSR count). The van der Waals surface area contributed by atoms with Gasteiger partial charge in [0.2, 0.25) is 0 Å². The zero-order valence-electron chi connectivity index (χ0n) is 5.98. The molecular formula is C7H15NO. The summed E-state index contributed by atoms with van der Waals surface area (Å²) in [6.07, 6.45) is 4.72. The van der Waals surface area contributed by atoms with E-state index in [1.54, 1.807) is 0 Å². The van der Waals surface area contributed by atoms with Crippen LogP contribution in [-0.2, 0) is 0 Å². The fourth-order valence-electron chi connectivity index (χ4n) is 1.44. The maximum Gasteiger partial charge on any atom is 0.0448 e. The quantitative estimate of drug-likeness (QED) is 0.582. The number of hydrogen-bond acceptors (Lipinski definition) is 2. The maximum absolute atomic E-state index is 8.66. The molecule has 0 aromatic carbocycles. The highest BCUT2D eigenvalue weighted by Crippen LogP contribution is 2.33. The molecular weight excluding hydrogens is 114 g/mol. The summed E-state index contributed by atoms with van der Waals surface area (Å²) in [5, 5.41) is 11.9. The molecule has 0 unspecified atom stereocenters. The van der Waals surface area contributed by atoms with Crippen LogP contribution in [0.1, 0.15) is 25.7 Å². The van der Waals surface area contributed by atoms with Gasteiger partial charge in [-0.2, -0.15) is 0 Å². The summed E-state index contributed by atoms with van der Waals surface area (Å²) >= 11 is 0. The fraction of sp³-hybridized carbons (Fsp3) is 1.00. The highest BCUT2D eigenvalue weighted by molar-refractivity contribution is 4.94. The van der Waals surface area contributed by atoms with Crippen molar-refractivity contribution in [3.05, 3.63) is 0 Å². The van der Waals surface area contributed by atoms with Gasteiger partial charge in [0.25, 0.3) is 0 Å². The molecule has 0 saturated heterocycles. The van der Waals surface area contributed by atoms with Gasteiger partial charge in [-0.1, -0.05) is 0 Å². The zero-order valence-corrected chi connectivity index (χ0v) is 5.98. The second kappa shape index (κ2) is 2.67. The first kappa shape index (κ1) is 7.03. The highest BCUT2D eigenvalue weighted by Gasteiger charge is 2.33. The minimum atomic E-state index is 0.314. The second-order valence-corrected chi connectivity index (χ2v) is 2.86. The van der Waals surface area contributed by atoms with Crippen LogP contribution in [0, 0.1) is 0 Å². The van der Waals surface area contributed by atoms with Gasteiger partial charge in [-0.25, -0.2) is 0 Å². The first-order valence-electron chi connectivity index (χ1n) is 3.63. The zero-order chi connectivity index (χ0) is 6.74. The fourth-order valence-corrected chi connectivity index (χ4v) is 1.44. The molecule has 1 aliphatic carbocycles. The molecule has 0 aliphatic heterocycles. The second-order valence-electron chi connectivity index (χ2n) is 2.86. The van der Waals surface area contributed by atoms with E-state index in [2.05, 4.69) is 5.32 Å². The Balaban J connectivity index is 2.28. The van der Waals surface area contributed by atoms with Crippen molar-refractivity contribution < 1.29 is 5.11 Å². The van der Waals surface area contributed by atoms with Crippen molar-refractivity contribution in [1.82, 2.24) is 5.32 Å². The Bertz CT molecular complexity index is 83.4. The summed E-state index contributed by atoms with van der Waals surface area (Å²) in [6, 6.07) is 0. The van der Waals surface area contributed by atoms with Crippen LogP contribution in [0.4, 0.5) is 0 Å². The minimum Gasteiger partial charge on any atom is -0.396 e. The Labute approximate surface area is 56.3 Å². The third kappa shape index (κ3) is 1.25. The molecule has 0 aromatic heterocycles. The van der Waals surface area contributed by atoms with E-state index in [0.717, 1.165) is 6.42 Å². The van der Waals surface area contributed by atoms with Crippen LogP contribution in [-0.4, -0.2) is 24.3 Å². The predicted molar refractivity (Wildman–Crippen MR) is 37.3 cm³/mol. The average molecular weight is 129 g/mol. The number of aliphatic hydroxyl groups is 1. The Morgan fingerprint density at radius 1 is 1.56 bits per heavy atom. The van der Waals surface area contributed by atoms with Crippen molar-refractivity contribution in [2.45, 2.75) is 31.2 Å². The summed E-state index contributed by atoms with van der Waals surface area (Å²) in [5.74, 6) is 0. The Hall–Kier alpha value is -0.0800. The molecule has 0 radical (unpaired) electrons. The van der Waals surface area contributed by atoms with E-state index in [-0.39, 0.29) is 0 Å². The van der Waals surface area contributed by atoms with Crippen molar-refractivity contribution >= 4 is 0 Å². The maximum atomic E-state index is 8.66. The van der Waals surface area contributed by atoms with Gasteiger partial charge in [-0.15, -0.1) is 0 Å². The Morgan fingerprint density at radius 2 is 2.22 bits per heavy atom. The number of aliphatic hydroxyl groups excluding tert-OH is 1. The molecule has 2 nitrogen and oxygen atoms in total. The SMILES string of the molecule is CNC1(CCO)CCC1.